The second-order valence-electron chi connectivity index (χ2n) is 6.34. The molecule has 4 rings (SSSR count). The van der Waals surface area contributed by atoms with Gasteiger partial charge in [0.15, 0.2) is 0 Å². The maximum absolute atomic E-state index is 12.6. The summed E-state index contributed by atoms with van der Waals surface area (Å²) in [7, 11) is 0. The van der Waals surface area contributed by atoms with Crippen LogP contribution >= 0.6 is 0 Å². The SMILES string of the molecule is O=C(Nc1cccc(/C=C/c2ccccn2)c1)c1ccc2[nH]c(=O)c(=O)[nH]c2c1. The fourth-order valence-corrected chi connectivity index (χ4v) is 2.84. The summed E-state index contributed by atoms with van der Waals surface area (Å²) in [4.78, 5) is 44.6. The number of nitrogens with one attached hydrogen (secondary N) is 3. The van der Waals surface area contributed by atoms with E-state index in [4.69, 9.17) is 0 Å². The Morgan fingerprint density at radius 1 is 0.862 bits per heavy atom. The molecule has 0 bridgehead atoms. The molecule has 7 nitrogen and oxygen atoms in total. The van der Waals surface area contributed by atoms with Gasteiger partial charge in [-0.1, -0.05) is 24.3 Å². The fraction of sp³-hybridized carbons (Fsp3) is 0. The number of pyridine rings is 1. The van der Waals surface area contributed by atoms with Crippen LogP contribution in [0, 0.1) is 0 Å². The van der Waals surface area contributed by atoms with E-state index < -0.39 is 11.1 Å². The summed E-state index contributed by atoms with van der Waals surface area (Å²) in [5.41, 5.74) is 2.08. The number of hydrogen-bond acceptors (Lipinski definition) is 4. The van der Waals surface area contributed by atoms with Gasteiger partial charge in [0.1, 0.15) is 0 Å². The van der Waals surface area contributed by atoms with Crippen LogP contribution in [0.4, 0.5) is 5.69 Å². The number of rotatable bonds is 4. The number of H-pyrrole nitrogens is 2. The van der Waals surface area contributed by atoms with E-state index in [0.29, 0.717) is 22.3 Å². The minimum absolute atomic E-state index is 0.329. The van der Waals surface area contributed by atoms with E-state index in [0.717, 1.165) is 11.3 Å². The van der Waals surface area contributed by atoms with Crippen LogP contribution in [0.5, 0.6) is 0 Å². The van der Waals surface area contributed by atoms with Crippen LogP contribution < -0.4 is 16.4 Å². The molecule has 4 aromatic rings. The van der Waals surface area contributed by atoms with Crippen LogP contribution in [-0.4, -0.2) is 20.9 Å². The average Bonchev–Trinajstić information content (AvgIpc) is 2.74. The normalized spacial score (nSPS) is 11.0. The Balaban J connectivity index is 1.55. The number of aromatic nitrogens is 3. The summed E-state index contributed by atoms with van der Waals surface area (Å²) >= 11 is 0. The molecule has 7 heteroatoms. The van der Waals surface area contributed by atoms with Crippen molar-refractivity contribution in [2.24, 2.45) is 0 Å². The number of fused-ring (bicyclic) bond motifs is 1. The van der Waals surface area contributed by atoms with Gasteiger partial charge in [-0.25, -0.2) is 0 Å². The van der Waals surface area contributed by atoms with Gasteiger partial charge in [-0.15, -0.1) is 0 Å². The topological polar surface area (TPSA) is 108 Å². The Bertz CT molecular complexity index is 1340. The van der Waals surface area contributed by atoms with Gasteiger partial charge in [0.05, 0.1) is 16.7 Å². The Morgan fingerprint density at radius 2 is 1.69 bits per heavy atom. The molecule has 3 N–H and O–H groups in total. The summed E-state index contributed by atoms with van der Waals surface area (Å²) in [5.74, 6) is -0.329. The van der Waals surface area contributed by atoms with Crippen molar-refractivity contribution in [3.63, 3.8) is 0 Å². The van der Waals surface area contributed by atoms with Gasteiger partial charge in [-0.05, 0) is 54.1 Å². The molecular weight excluding hydrogens is 368 g/mol. The van der Waals surface area contributed by atoms with Crippen molar-refractivity contribution >= 4 is 34.8 Å². The van der Waals surface area contributed by atoms with Crippen molar-refractivity contribution in [3.05, 3.63) is 104 Å². The molecule has 0 atom stereocenters. The highest BCUT2D eigenvalue weighted by Crippen LogP contribution is 2.16. The van der Waals surface area contributed by atoms with Gasteiger partial charge in [0.2, 0.25) is 0 Å². The van der Waals surface area contributed by atoms with Crippen LogP contribution in [0.2, 0.25) is 0 Å². The standard InChI is InChI=1S/C22H16N4O3/c27-20(15-8-10-18-19(13-15)26-22(29)21(28)25-18)24-17-6-3-4-14(12-17)7-9-16-5-1-2-11-23-16/h1-13H,(H,24,27)(H,25,28)(H,26,29)/b9-7+. The lowest BCUT2D eigenvalue weighted by Crippen LogP contribution is -2.29. The first kappa shape index (κ1) is 18.1. The molecule has 0 spiro atoms. The highest BCUT2D eigenvalue weighted by Gasteiger charge is 2.08. The Kier molecular flexibility index (Phi) is 4.86. The lowest BCUT2D eigenvalue weighted by molar-refractivity contribution is 0.102. The summed E-state index contributed by atoms with van der Waals surface area (Å²) in [6.45, 7) is 0. The molecule has 2 aromatic carbocycles. The number of nitrogens with zero attached hydrogens (tertiary/aromatic N) is 1. The van der Waals surface area contributed by atoms with Crippen molar-refractivity contribution in [2.75, 3.05) is 5.32 Å². The predicted molar refractivity (Wildman–Crippen MR) is 113 cm³/mol. The molecule has 0 aliphatic heterocycles. The maximum atomic E-state index is 12.6. The van der Waals surface area contributed by atoms with Crippen LogP contribution in [0.3, 0.4) is 0 Å². The summed E-state index contributed by atoms with van der Waals surface area (Å²) < 4.78 is 0. The largest absolute Gasteiger partial charge is 0.322 e. The third-order valence-corrected chi connectivity index (χ3v) is 4.26. The monoisotopic (exact) mass is 384 g/mol. The number of carbonyl (C=O) groups excluding carboxylic acids is 1. The molecule has 29 heavy (non-hydrogen) atoms. The second-order valence-corrected chi connectivity index (χ2v) is 6.34. The van der Waals surface area contributed by atoms with Crippen molar-refractivity contribution in [3.8, 4) is 0 Å². The van der Waals surface area contributed by atoms with Gasteiger partial charge >= 0.3 is 11.1 Å². The first-order valence-corrected chi connectivity index (χ1v) is 8.85. The number of amides is 1. The van der Waals surface area contributed by atoms with Crippen LogP contribution in [0.1, 0.15) is 21.6 Å². The number of aromatic amines is 2. The number of carbonyl (C=O) groups is 1. The van der Waals surface area contributed by atoms with Crippen molar-refractivity contribution in [1.82, 2.24) is 15.0 Å². The molecule has 2 heterocycles. The molecule has 0 fully saturated rings. The number of benzene rings is 2. The molecule has 1 amide bonds. The van der Waals surface area contributed by atoms with E-state index >= 15 is 0 Å². The van der Waals surface area contributed by atoms with E-state index in [2.05, 4.69) is 20.3 Å². The molecular formula is C22H16N4O3. The zero-order valence-electron chi connectivity index (χ0n) is 15.2. The third kappa shape index (κ3) is 4.19. The first-order valence-electron chi connectivity index (χ1n) is 8.85. The van der Waals surface area contributed by atoms with Gasteiger partial charge < -0.3 is 15.3 Å². The molecule has 0 saturated heterocycles. The molecule has 0 aliphatic carbocycles. The predicted octanol–water partition coefficient (Wildman–Crippen LogP) is 3.03. The number of anilines is 1. The van der Waals surface area contributed by atoms with Crippen LogP contribution in [-0.2, 0) is 0 Å². The van der Waals surface area contributed by atoms with Crippen molar-refractivity contribution in [1.29, 1.82) is 0 Å². The third-order valence-electron chi connectivity index (χ3n) is 4.26. The van der Waals surface area contributed by atoms with E-state index in [9.17, 15) is 14.4 Å². The fourth-order valence-electron chi connectivity index (χ4n) is 2.84. The van der Waals surface area contributed by atoms with E-state index in [1.54, 1.807) is 24.4 Å². The minimum Gasteiger partial charge on any atom is -0.322 e. The summed E-state index contributed by atoms with van der Waals surface area (Å²) in [6.07, 6.45) is 5.53. The molecule has 0 radical (unpaired) electrons. The van der Waals surface area contributed by atoms with Crippen molar-refractivity contribution in [2.45, 2.75) is 0 Å². The van der Waals surface area contributed by atoms with E-state index in [-0.39, 0.29) is 5.91 Å². The van der Waals surface area contributed by atoms with Crippen molar-refractivity contribution < 1.29 is 4.79 Å². The lowest BCUT2D eigenvalue weighted by atomic mass is 10.1. The summed E-state index contributed by atoms with van der Waals surface area (Å²) in [6, 6.07) is 17.7. The molecule has 0 aliphatic rings. The highest BCUT2D eigenvalue weighted by atomic mass is 16.2. The zero-order chi connectivity index (χ0) is 20.2. The average molecular weight is 384 g/mol. The van der Waals surface area contributed by atoms with Gasteiger partial charge in [0, 0.05) is 17.4 Å². The second kappa shape index (κ2) is 7.77. The zero-order valence-corrected chi connectivity index (χ0v) is 15.2. The van der Waals surface area contributed by atoms with E-state index in [1.807, 2.05) is 48.6 Å². The quantitative estimate of drug-likeness (QED) is 0.470. The van der Waals surface area contributed by atoms with Gasteiger partial charge in [-0.3, -0.25) is 19.4 Å². The Morgan fingerprint density at radius 3 is 2.48 bits per heavy atom. The highest BCUT2D eigenvalue weighted by molar-refractivity contribution is 6.06. The number of hydrogen-bond donors (Lipinski definition) is 3. The van der Waals surface area contributed by atoms with Gasteiger partial charge in [0.25, 0.3) is 5.91 Å². The summed E-state index contributed by atoms with van der Waals surface area (Å²) in [5, 5.41) is 2.84. The smallest absolute Gasteiger partial charge is 0.314 e. The maximum Gasteiger partial charge on any atom is 0.314 e. The molecule has 2 aromatic heterocycles. The van der Waals surface area contributed by atoms with Crippen LogP contribution in [0.15, 0.2) is 76.4 Å². The molecule has 0 saturated carbocycles. The molecule has 0 unspecified atom stereocenters. The molecule has 142 valence electrons. The first-order chi connectivity index (χ1) is 14.1. The van der Waals surface area contributed by atoms with E-state index in [1.165, 1.54) is 6.07 Å². The lowest BCUT2D eigenvalue weighted by Gasteiger charge is -2.07. The Hall–Kier alpha value is -4.26. The minimum atomic E-state index is -0.762. The van der Waals surface area contributed by atoms with Crippen LogP contribution in [0.25, 0.3) is 23.2 Å². The van der Waals surface area contributed by atoms with Gasteiger partial charge in [-0.2, -0.15) is 0 Å². The Labute approximate surface area is 164 Å².